The molecule has 7 nitrogen and oxygen atoms in total. The number of carbonyl (C=O) groups is 2. The molecule has 0 aliphatic heterocycles. The Kier molecular flexibility index (Phi) is 6.51. The lowest BCUT2D eigenvalue weighted by atomic mass is 10.3. The molecular formula is C20H26N4O3S. The molecule has 1 aromatic heterocycles. The molecule has 1 heterocycles. The highest BCUT2D eigenvalue weighted by molar-refractivity contribution is 7.14. The number of ether oxygens (including phenoxy) is 1. The summed E-state index contributed by atoms with van der Waals surface area (Å²) in [4.78, 5) is 31.1. The van der Waals surface area contributed by atoms with Crippen LogP contribution in [0.15, 0.2) is 29.6 Å². The highest BCUT2D eigenvalue weighted by atomic mass is 32.1. The fourth-order valence-electron chi connectivity index (χ4n) is 2.83. The molecule has 0 unspecified atom stereocenters. The van der Waals surface area contributed by atoms with E-state index < -0.39 is 0 Å². The summed E-state index contributed by atoms with van der Waals surface area (Å²) in [7, 11) is 1.62. The van der Waals surface area contributed by atoms with Gasteiger partial charge < -0.3 is 20.3 Å². The number of benzene rings is 1. The molecule has 1 aliphatic rings. The van der Waals surface area contributed by atoms with E-state index in [0.29, 0.717) is 23.8 Å². The lowest BCUT2D eigenvalue weighted by molar-refractivity contribution is -0.121. The van der Waals surface area contributed by atoms with E-state index in [4.69, 9.17) is 4.74 Å². The number of carbonyl (C=O) groups excluding carboxylic acids is 2. The molecule has 150 valence electrons. The molecule has 1 saturated carbocycles. The predicted molar refractivity (Wildman–Crippen MR) is 110 cm³/mol. The summed E-state index contributed by atoms with van der Waals surface area (Å²) in [6.45, 7) is 4.27. The van der Waals surface area contributed by atoms with Crippen molar-refractivity contribution in [2.75, 3.05) is 19.0 Å². The zero-order valence-electron chi connectivity index (χ0n) is 16.4. The van der Waals surface area contributed by atoms with Crippen molar-refractivity contribution < 1.29 is 14.3 Å². The Labute approximate surface area is 169 Å². The van der Waals surface area contributed by atoms with E-state index in [1.54, 1.807) is 17.4 Å². The third kappa shape index (κ3) is 5.45. The van der Waals surface area contributed by atoms with Crippen LogP contribution in [0.4, 0.5) is 10.8 Å². The summed E-state index contributed by atoms with van der Waals surface area (Å²) in [6.07, 6.45) is 2.28. The van der Waals surface area contributed by atoms with Gasteiger partial charge in [0.05, 0.1) is 7.11 Å². The van der Waals surface area contributed by atoms with Gasteiger partial charge in [-0.1, -0.05) is 0 Å². The van der Waals surface area contributed by atoms with Gasteiger partial charge in [0.15, 0.2) is 5.13 Å². The van der Waals surface area contributed by atoms with Crippen LogP contribution in [-0.4, -0.2) is 47.4 Å². The Morgan fingerprint density at radius 2 is 2.00 bits per heavy atom. The Bertz CT molecular complexity index is 815. The van der Waals surface area contributed by atoms with Crippen molar-refractivity contribution in [1.82, 2.24) is 15.2 Å². The largest absolute Gasteiger partial charge is 0.497 e. The van der Waals surface area contributed by atoms with E-state index in [1.807, 2.05) is 38.1 Å². The average molecular weight is 403 g/mol. The highest BCUT2D eigenvalue weighted by Gasteiger charge is 2.34. The van der Waals surface area contributed by atoms with Crippen molar-refractivity contribution in [2.45, 2.75) is 45.2 Å². The van der Waals surface area contributed by atoms with Gasteiger partial charge in [0.2, 0.25) is 5.91 Å². The second kappa shape index (κ2) is 9.05. The van der Waals surface area contributed by atoms with Crippen LogP contribution in [-0.2, 0) is 4.79 Å². The van der Waals surface area contributed by atoms with Gasteiger partial charge >= 0.3 is 0 Å². The van der Waals surface area contributed by atoms with Crippen LogP contribution >= 0.6 is 11.3 Å². The van der Waals surface area contributed by atoms with Crippen LogP contribution in [0.1, 0.15) is 43.6 Å². The Hall–Kier alpha value is -2.61. The summed E-state index contributed by atoms with van der Waals surface area (Å²) < 4.78 is 5.15. The molecule has 0 atom stereocenters. The summed E-state index contributed by atoms with van der Waals surface area (Å²) in [5.41, 5.74) is 1.29. The summed E-state index contributed by atoms with van der Waals surface area (Å²) in [5.74, 6) is 0.634. The lowest BCUT2D eigenvalue weighted by Crippen LogP contribution is -2.38. The molecule has 2 N–H and O–H groups in total. The van der Waals surface area contributed by atoms with Gasteiger partial charge in [-0.15, -0.1) is 11.3 Å². The minimum atomic E-state index is -0.112. The van der Waals surface area contributed by atoms with E-state index in [2.05, 4.69) is 15.6 Å². The molecule has 0 radical (unpaired) electrons. The molecule has 3 rings (SSSR count). The number of methoxy groups -OCH3 is 1. The fourth-order valence-corrected chi connectivity index (χ4v) is 3.53. The number of nitrogens with zero attached hydrogens (tertiary/aromatic N) is 2. The van der Waals surface area contributed by atoms with Crippen molar-refractivity contribution in [3.63, 3.8) is 0 Å². The van der Waals surface area contributed by atoms with Crippen molar-refractivity contribution in [1.29, 1.82) is 0 Å². The van der Waals surface area contributed by atoms with Crippen LogP contribution in [0.5, 0.6) is 5.75 Å². The van der Waals surface area contributed by atoms with E-state index in [-0.39, 0.29) is 23.9 Å². The second-order valence-corrected chi connectivity index (χ2v) is 7.95. The Balaban J connectivity index is 1.61. The van der Waals surface area contributed by atoms with E-state index in [1.165, 1.54) is 11.3 Å². The van der Waals surface area contributed by atoms with Crippen molar-refractivity contribution >= 4 is 34.0 Å². The van der Waals surface area contributed by atoms with Crippen LogP contribution < -0.4 is 15.4 Å². The molecule has 2 aromatic rings. The number of nitrogens with one attached hydrogen (secondary N) is 2. The third-order valence-electron chi connectivity index (χ3n) is 4.34. The first-order valence-corrected chi connectivity index (χ1v) is 10.3. The maximum atomic E-state index is 12.9. The van der Waals surface area contributed by atoms with Gasteiger partial charge in [0.1, 0.15) is 11.4 Å². The monoisotopic (exact) mass is 402 g/mol. The van der Waals surface area contributed by atoms with Gasteiger partial charge in [-0.3, -0.25) is 9.59 Å². The summed E-state index contributed by atoms with van der Waals surface area (Å²) >= 11 is 1.38. The van der Waals surface area contributed by atoms with Crippen LogP contribution in [0.25, 0.3) is 0 Å². The van der Waals surface area contributed by atoms with E-state index >= 15 is 0 Å². The molecule has 8 heteroatoms. The first kappa shape index (κ1) is 20.1. The smallest absolute Gasteiger partial charge is 0.273 e. The third-order valence-corrected chi connectivity index (χ3v) is 5.10. The van der Waals surface area contributed by atoms with E-state index in [9.17, 15) is 9.59 Å². The molecule has 0 saturated heterocycles. The number of thiazole rings is 1. The summed E-state index contributed by atoms with van der Waals surface area (Å²) in [6, 6.07) is 7.83. The minimum absolute atomic E-state index is 0.0337. The molecule has 1 aliphatic carbocycles. The topological polar surface area (TPSA) is 83.6 Å². The number of hydrogen-bond donors (Lipinski definition) is 2. The van der Waals surface area contributed by atoms with E-state index in [0.717, 1.165) is 24.3 Å². The fraction of sp³-hybridized carbons (Fsp3) is 0.450. The number of anilines is 2. The van der Waals surface area contributed by atoms with Crippen molar-refractivity contribution in [2.24, 2.45) is 0 Å². The first-order valence-electron chi connectivity index (χ1n) is 9.43. The van der Waals surface area contributed by atoms with Crippen LogP contribution in [0.3, 0.4) is 0 Å². The van der Waals surface area contributed by atoms with Gasteiger partial charge in [0, 0.05) is 36.1 Å². The molecule has 1 fully saturated rings. The zero-order valence-corrected chi connectivity index (χ0v) is 17.2. The highest BCUT2D eigenvalue weighted by Crippen LogP contribution is 2.30. The molecule has 2 amide bonds. The number of amides is 2. The van der Waals surface area contributed by atoms with Crippen LogP contribution in [0.2, 0.25) is 0 Å². The maximum Gasteiger partial charge on any atom is 0.273 e. The first-order chi connectivity index (χ1) is 13.5. The van der Waals surface area contributed by atoms with Gasteiger partial charge in [-0.2, -0.15) is 0 Å². The standard InChI is InChI=1S/C20H26N4O3S/c1-13(2)21-18(25)10-11-24(15-6-7-15)19(26)17-12-28-20(23-17)22-14-4-8-16(27-3)9-5-14/h4-5,8-9,12-13,15H,6-7,10-11H2,1-3H3,(H,21,25)(H,22,23). The number of aromatic nitrogens is 1. The van der Waals surface area contributed by atoms with Crippen molar-refractivity contribution in [3.05, 3.63) is 35.3 Å². The predicted octanol–water partition coefficient (Wildman–Crippen LogP) is 3.41. The van der Waals surface area contributed by atoms with Gasteiger partial charge in [-0.25, -0.2) is 4.98 Å². The second-order valence-electron chi connectivity index (χ2n) is 7.09. The number of rotatable bonds is 9. The van der Waals surface area contributed by atoms with Crippen molar-refractivity contribution in [3.8, 4) is 5.75 Å². The normalized spacial score (nSPS) is 13.3. The molecular weight excluding hydrogens is 376 g/mol. The molecule has 0 spiro atoms. The summed E-state index contributed by atoms with van der Waals surface area (Å²) in [5, 5.41) is 8.49. The Morgan fingerprint density at radius 1 is 1.29 bits per heavy atom. The maximum absolute atomic E-state index is 12.9. The molecule has 28 heavy (non-hydrogen) atoms. The van der Waals surface area contributed by atoms with Gasteiger partial charge in [0.25, 0.3) is 5.91 Å². The number of hydrogen-bond acceptors (Lipinski definition) is 6. The minimum Gasteiger partial charge on any atom is -0.497 e. The Morgan fingerprint density at radius 3 is 2.61 bits per heavy atom. The SMILES string of the molecule is COc1ccc(Nc2nc(C(=O)N(CCC(=O)NC(C)C)C3CC3)cs2)cc1. The molecule has 0 bridgehead atoms. The lowest BCUT2D eigenvalue weighted by Gasteiger charge is -2.21. The quantitative estimate of drug-likeness (QED) is 0.672. The average Bonchev–Trinajstić information content (AvgIpc) is 3.39. The zero-order chi connectivity index (χ0) is 20.1. The van der Waals surface area contributed by atoms with Gasteiger partial charge in [-0.05, 0) is 51.0 Å². The van der Waals surface area contributed by atoms with Crippen LogP contribution in [0, 0.1) is 0 Å². The molecule has 1 aromatic carbocycles.